The first-order valence-corrected chi connectivity index (χ1v) is 9.85. The van der Waals surface area contributed by atoms with E-state index in [1.54, 1.807) is 4.90 Å². The molecular weight excluding hydrogens is 371 g/mol. The fourth-order valence-corrected chi connectivity index (χ4v) is 4.58. The molecule has 0 aromatic heterocycles. The van der Waals surface area contributed by atoms with Crippen molar-refractivity contribution in [2.24, 2.45) is 0 Å². The van der Waals surface area contributed by atoms with Crippen LogP contribution in [0.2, 0.25) is 0 Å². The van der Waals surface area contributed by atoms with Crippen LogP contribution in [0, 0.1) is 0 Å². The molecule has 1 amide bonds. The second-order valence-electron chi connectivity index (χ2n) is 6.53. The highest BCUT2D eigenvalue weighted by molar-refractivity contribution is 7.89. The van der Waals surface area contributed by atoms with Crippen LogP contribution in [-0.4, -0.2) is 50.9 Å². The summed E-state index contributed by atoms with van der Waals surface area (Å²) in [6, 6.07) is 3.58. The first kappa shape index (κ1) is 19.1. The van der Waals surface area contributed by atoms with Gasteiger partial charge in [-0.05, 0) is 44.0 Å². The quantitative estimate of drug-likeness (QED) is 0.812. The van der Waals surface area contributed by atoms with E-state index in [-0.39, 0.29) is 18.0 Å². The molecule has 0 spiro atoms. The third-order valence-electron chi connectivity index (χ3n) is 4.83. The van der Waals surface area contributed by atoms with Gasteiger partial charge < -0.3 is 10.2 Å². The number of carbonyl (C=O) groups excluding carboxylic acids is 1. The molecule has 10 heteroatoms. The van der Waals surface area contributed by atoms with Gasteiger partial charge in [-0.2, -0.15) is 13.2 Å². The number of fused-ring (bicyclic) bond motifs is 2. The number of hydrogen-bond acceptors (Lipinski definition) is 4. The summed E-state index contributed by atoms with van der Waals surface area (Å²) in [6.45, 7) is 1.01. The maximum atomic E-state index is 12.8. The molecule has 26 heavy (non-hydrogen) atoms. The fraction of sp³-hybridized carbons (Fsp3) is 0.562. The standard InChI is InChI=1S/C16H20F3N3O3S/c17-16(18,19)11-2-1-3-14(8-11)26(24,25)21-10-15(23)22-12-4-5-13(22)9-20-7-6-12/h1-3,8,12-13,20-21H,4-7,9-10H2. The van der Waals surface area contributed by atoms with Gasteiger partial charge in [-0.1, -0.05) is 6.07 Å². The summed E-state index contributed by atoms with van der Waals surface area (Å²) < 4.78 is 65.0. The van der Waals surface area contributed by atoms with Crippen molar-refractivity contribution in [1.29, 1.82) is 0 Å². The number of nitrogens with zero attached hydrogens (tertiary/aromatic N) is 1. The first-order valence-electron chi connectivity index (χ1n) is 8.37. The summed E-state index contributed by atoms with van der Waals surface area (Å²) in [4.78, 5) is 13.7. The fourth-order valence-electron chi connectivity index (χ4n) is 3.56. The molecule has 2 fully saturated rings. The average molecular weight is 391 g/mol. The van der Waals surface area contributed by atoms with Gasteiger partial charge in [-0.3, -0.25) is 4.79 Å². The van der Waals surface area contributed by atoms with Crippen molar-refractivity contribution >= 4 is 15.9 Å². The number of halogens is 3. The molecule has 3 rings (SSSR count). The van der Waals surface area contributed by atoms with Crippen LogP contribution >= 0.6 is 0 Å². The molecule has 2 saturated heterocycles. The van der Waals surface area contributed by atoms with Crippen LogP contribution in [0.5, 0.6) is 0 Å². The molecule has 6 nitrogen and oxygen atoms in total. The number of benzene rings is 1. The van der Waals surface area contributed by atoms with E-state index in [0.29, 0.717) is 12.6 Å². The SMILES string of the molecule is O=C(CNS(=O)(=O)c1cccc(C(F)(F)F)c1)N1C2CCNCC1CC2. The van der Waals surface area contributed by atoms with E-state index in [1.807, 2.05) is 0 Å². The highest BCUT2D eigenvalue weighted by atomic mass is 32.2. The summed E-state index contributed by atoms with van der Waals surface area (Å²) in [6.07, 6.45) is -2.08. The predicted octanol–water partition coefficient (Wildman–Crippen LogP) is 1.34. The number of nitrogens with one attached hydrogen (secondary N) is 2. The second kappa shape index (κ2) is 7.16. The minimum Gasteiger partial charge on any atom is -0.334 e. The van der Waals surface area contributed by atoms with Gasteiger partial charge in [0, 0.05) is 18.6 Å². The molecular formula is C16H20F3N3O3S. The number of hydrogen-bond donors (Lipinski definition) is 2. The Morgan fingerprint density at radius 3 is 2.69 bits per heavy atom. The molecule has 1 aromatic carbocycles. The molecule has 0 radical (unpaired) electrons. The molecule has 2 atom stereocenters. The number of carbonyl (C=O) groups is 1. The first-order chi connectivity index (χ1) is 12.2. The van der Waals surface area contributed by atoms with Crippen molar-refractivity contribution in [2.45, 2.75) is 42.4 Å². The van der Waals surface area contributed by atoms with Crippen LogP contribution in [0.15, 0.2) is 29.2 Å². The lowest BCUT2D eigenvalue weighted by atomic mass is 10.1. The van der Waals surface area contributed by atoms with Crippen LogP contribution in [-0.2, 0) is 21.0 Å². The van der Waals surface area contributed by atoms with Crippen molar-refractivity contribution in [3.8, 4) is 0 Å². The zero-order valence-corrected chi connectivity index (χ0v) is 14.7. The second-order valence-corrected chi connectivity index (χ2v) is 8.30. The van der Waals surface area contributed by atoms with E-state index < -0.39 is 33.2 Å². The Labute approximate surface area is 149 Å². The van der Waals surface area contributed by atoms with E-state index >= 15 is 0 Å². The van der Waals surface area contributed by atoms with Crippen molar-refractivity contribution in [1.82, 2.24) is 14.9 Å². The van der Waals surface area contributed by atoms with Crippen LogP contribution < -0.4 is 10.0 Å². The summed E-state index contributed by atoms with van der Waals surface area (Å²) in [5.41, 5.74) is -1.05. The van der Waals surface area contributed by atoms with Gasteiger partial charge >= 0.3 is 6.18 Å². The Bertz CT molecular complexity index is 768. The lowest BCUT2D eigenvalue weighted by Gasteiger charge is -2.28. The van der Waals surface area contributed by atoms with Gasteiger partial charge in [0.1, 0.15) is 0 Å². The van der Waals surface area contributed by atoms with Crippen molar-refractivity contribution < 1.29 is 26.4 Å². The Kier molecular flexibility index (Phi) is 5.27. The summed E-state index contributed by atoms with van der Waals surface area (Å²) >= 11 is 0. The maximum Gasteiger partial charge on any atom is 0.416 e. The van der Waals surface area contributed by atoms with Crippen molar-refractivity contribution in [2.75, 3.05) is 19.6 Å². The molecule has 2 aliphatic heterocycles. The number of rotatable bonds is 4. The van der Waals surface area contributed by atoms with Crippen molar-refractivity contribution in [3.05, 3.63) is 29.8 Å². The normalized spacial score (nSPS) is 23.7. The minimum absolute atomic E-state index is 0.0352. The lowest BCUT2D eigenvalue weighted by Crippen LogP contribution is -2.47. The molecule has 1 aromatic rings. The molecule has 144 valence electrons. The Balaban J connectivity index is 1.70. The van der Waals surface area contributed by atoms with Gasteiger partial charge in [-0.15, -0.1) is 0 Å². The number of sulfonamides is 1. The molecule has 2 heterocycles. The Morgan fingerprint density at radius 2 is 1.96 bits per heavy atom. The van der Waals surface area contributed by atoms with E-state index in [0.717, 1.165) is 44.0 Å². The topological polar surface area (TPSA) is 78.5 Å². The zero-order valence-electron chi connectivity index (χ0n) is 13.9. The molecule has 2 N–H and O–H groups in total. The predicted molar refractivity (Wildman–Crippen MR) is 87.8 cm³/mol. The van der Waals surface area contributed by atoms with Gasteiger partial charge in [0.2, 0.25) is 15.9 Å². The third kappa shape index (κ3) is 4.02. The molecule has 2 unspecified atom stereocenters. The largest absolute Gasteiger partial charge is 0.416 e. The average Bonchev–Trinajstić information content (AvgIpc) is 2.85. The highest BCUT2D eigenvalue weighted by Gasteiger charge is 2.38. The van der Waals surface area contributed by atoms with E-state index in [9.17, 15) is 26.4 Å². The molecule has 2 aliphatic rings. The highest BCUT2D eigenvalue weighted by Crippen LogP contribution is 2.30. The van der Waals surface area contributed by atoms with E-state index in [2.05, 4.69) is 10.0 Å². The number of amides is 1. The zero-order chi connectivity index (χ0) is 18.9. The maximum absolute atomic E-state index is 12.8. The minimum atomic E-state index is -4.64. The summed E-state index contributed by atoms with van der Waals surface area (Å²) in [5, 5.41) is 3.24. The molecule has 0 saturated carbocycles. The van der Waals surface area contributed by atoms with Crippen molar-refractivity contribution in [3.63, 3.8) is 0 Å². The van der Waals surface area contributed by atoms with Gasteiger partial charge in [0.05, 0.1) is 17.0 Å². The van der Waals surface area contributed by atoms with Crippen LogP contribution in [0.4, 0.5) is 13.2 Å². The molecule has 2 bridgehead atoms. The Morgan fingerprint density at radius 1 is 1.23 bits per heavy atom. The van der Waals surface area contributed by atoms with E-state index in [4.69, 9.17) is 0 Å². The number of alkyl halides is 3. The smallest absolute Gasteiger partial charge is 0.334 e. The van der Waals surface area contributed by atoms with Crippen LogP contribution in [0.1, 0.15) is 24.8 Å². The lowest BCUT2D eigenvalue weighted by molar-refractivity contribution is -0.137. The monoisotopic (exact) mass is 391 g/mol. The Hall–Kier alpha value is -1.65. The van der Waals surface area contributed by atoms with Gasteiger partial charge in [0.25, 0.3) is 0 Å². The summed E-state index contributed by atoms with van der Waals surface area (Å²) in [7, 11) is -4.21. The van der Waals surface area contributed by atoms with Gasteiger partial charge in [-0.25, -0.2) is 13.1 Å². The summed E-state index contributed by atoms with van der Waals surface area (Å²) in [5.74, 6) is -0.350. The van der Waals surface area contributed by atoms with Gasteiger partial charge in [0.15, 0.2) is 0 Å². The van der Waals surface area contributed by atoms with Crippen LogP contribution in [0.3, 0.4) is 0 Å². The van der Waals surface area contributed by atoms with E-state index in [1.165, 1.54) is 0 Å². The molecule has 0 aliphatic carbocycles. The van der Waals surface area contributed by atoms with Crippen LogP contribution in [0.25, 0.3) is 0 Å². The third-order valence-corrected chi connectivity index (χ3v) is 6.23.